The Morgan fingerprint density at radius 2 is 2.19 bits per heavy atom. The third-order valence-corrected chi connectivity index (χ3v) is 2.23. The van der Waals surface area contributed by atoms with Crippen molar-refractivity contribution in [2.75, 3.05) is 13.7 Å². The summed E-state index contributed by atoms with van der Waals surface area (Å²) in [6.07, 6.45) is 0.795. The molecule has 0 radical (unpaired) electrons. The number of aliphatic hydroxyl groups is 1. The van der Waals surface area contributed by atoms with Gasteiger partial charge in [0.1, 0.15) is 0 Å². The van der Waals surface area contributed by atoms with Crippen LogP contribution < -0.4 is 9.47 Å². The number of ether oxygens (including phenoxy) is 2. The predicted molar refractivity (Wildman–Crippen MR) is 63.8 cm³/mol. The average Bonchev–Trinajstić information content (AvgIpc) is 2.28. The summed E-state index contributed by atoms with van der Waals surface area (Å²) in [5.41, 5.74) is 1.81. The van der Waals surface area contributed by atoms with E-state index in [-0.39, 0.29) is 6.61 Å². The van der Waals surface area contributed by atoms with Gasteiger partial charge in [-0.15, -0.1) is 6.58 Å². The maximum absolute atomic E-state index is 9.19. The van der Waals surface area contributed by atoms with Crippen molar-refractivity contribution in [1.82, 2.24) is 0 Å². The second-order valence-electron chi connectivity index (χ2n) is 3.66. The van der Waals surface area contributed by atoms with Crippen LogP contribution in [0.1, 0.15) is 18.9 Å². The van der Waals surface area contributed by atoms with E-state index >= 15 is 0 Å². The van der Waals surface area contributed by atoms with Crippen molar-refractivity contribution in [2.45, 2.75) is 20.0 Å². The molecule has 1 aromatic rings. The molecule has 0 aliphatic carbocycles. The monoisotopic (exact) mass is 222 g/mol. The van der Waals surface area contributed by atoms with Gasteiger partial charge in [0.2, 0.25) is 0 Å². The number of aliphatic hydroxyl groups excluding tert-OH is 1. The van der Waals surface area contributed by atoms with Crippen LogP contribution in [0.15, 0.2) is 30.4 Å². The fourth-order valence-electron chi connectivity index (χ4n) is 1.34. The summed E-state index contributed by atoms with van der Waals surface area (Å²) in [5.74, 6) is 1.27. The van der Waals surface area contributed by atoms with Crippen molar-refractivity contribution in [3.05, 3.63) is 35.9 Å². The van der Waals surface area contributed by atoms with E-state index in [0.29, 0.717) is 18.1 Å². The van der Waals surface area contributed by atoms with E-state index in [2.05, 4.69) is 6.58 Å². The number of hydrogen-bond donors (Lipinski definition) is 1. The number of para-hydroxylation sites is 1. The molecule has 1 aromatic carbocycles. The van der Waals surface area contributed by atoms with Crippen molar-refractivity contribution < 1.29 is 14.6 Å². The van der Waals surface area contributed by atoms with Gasteiger partial charge in [-0.1, -0.05) is 17.7 Å². The van der Waals surface area contributed by atoms with E-state index < -0.39 is 0 Å². The minimum absolute atomic E-state index is 0.0559. The van der Waals surface area contributed by atoms with E-state index in [1.54, 1.807) is 7.11 Å². The van der Waals surface area contributed by atoms with Crippen LogP contribution in [0.4, 0.5) is 0 Å². The highest BCUT2D eigenvalue weighted by Gasteiger charge is 2.09. The summed E-state index contributed by atoms with van der Waals surface area (Å²) < 4.78 is 10.8. The summed E-state index contributed by atoms with van der Waals surface area (Å²) >= 11 is 0. The maximum Gasteiger partial charge on any atom is 0.166 e. The first-order valence-corrected chi connectivity index (χ1v) is 5.23. The van der Waals surface area contributed by atoms with Gasteiger partial charge in [0.25, 0.3) is 0 Å². The van der Waals surface area contributed by atoms with E-state index in [1.165, 1.54) is 0 Å². The van der Waals surface area contributed by atoms with Crippen molar-refractivity contribution in [2.24, 2.45) is 0 Å². The van der Waals surface area contributed by atoms with Gasteiger partial charge in [0.15, 0.2) is 11.5 Å². The van der Waals surface area contributed by atoms with E-state index in [1.807, 2.05) is 25.1 Å². The summed E-state index contributed by atoms with van der Waals surface area (Å²) in [5, 5.41) is 9.19. The van der Waals surface area contributed by atoms with Crippen LogP contribution in [-0.4, -0.2) is 18.8 Å². The molecule has 0 spiro atoms. The highest BCUT2D eigenvalue weighted by atomic mass is 16.5. The molecular weight excluding hydrogens is 204 g/mol. The Hall–Kier alpha value is -1.48. The smallest absolute Gasteiger partial charge is 0.166 e. The van der Waals surface area contributed by atoms with E-state index in [4.69, 9.17) is 9.47 Å². The molecule has 1 N–H and O–H groups in total. The first-order valence-electron chi connectivity index (χ1n) is 5.23. The van der Waals surface area contributed by atoms with Gasteiger partial charge in [0, 0.05) is 12.0 Å². The molecule has 0 fully saturated rings. The Balaban J connectivity index is 2.78. The number of benzene rings is 1. The lowest BCUT2D eigenvalue weighted by atomic mass is 10.2. The summed E-state index contributed by atoms with van der Waals surface area (Å²) in [6, 6.07) is 5.46. The Kier molecular flexibility index (Phi) is 4.86. The predicted octanol–water partition coefficient (Wildman–Crippen LogP) is 2.53. The van der Waals surface area contributed by atoms with Gasteiger partial charge in [-0.2, -0.15) is 0 Å². The average molecular weight is 222 g/mol. The fourth-order valence-corrected chi connectivity index (χ4v) is 1.34. The molecule has 0 unspecified atom stereocenters. The molecule has 0 bridgehead atoms. The summed E-state index contributed by atoms with van der Waals surface area (Å²) in [7, 11) is 1.59. The van der Waals surface area contributed by atoms with Crippen LogP contribution >= 0.6 is 0 Å². The molecule has 16 heavy (non-hydrogen) atoms. The lowest BCUT2D eigenvalue weighted by Crippen LogP contribution is -2.02. The number of rotatable bonds is 6. The largest absolute Gasteiger partial charge is 0.493 e. The highest BCUT2D eigenvalue weighted by molar-refractivity contribution is 5.46. The van der Waals surface area contributed by atoms with Crippen molar-refractivity contribution in [3.8, 4) is 11.5 Å². The molecule has 3 nitrogen and oxygen atoms in total. The third-order valence-electron chi connectivity index (χ3n) is 2.23. The Bertz CT molecular complexity index is 336. The Morgan fingerprint density at radius 1 is 1.44 bits per heavy atom. The van der Waals surface area contributed by atoms with Crippen LogP contribution in [0.2, 0.25) is 0 Å². The molecule has 1 rings (SSSR count). The molecular formula is C13H18O3. The molecule has 0 aliphatic heterocycles. The minimum Gasteiger partial charge on any atom is -0.493 e. The molecule has 0 heterocycles. The van der Waals surface area contributed by atoms with Crippen LogP contribution in [0.5, 0.6) is 11.5 Å². The van der Waals surface area contributed by atoms with Gasteiger partial charge in [-0.25, -0.2) is 0 Å². The molecule has 0 saturated carbocycles. The van der Waals surface area contributed by atoms with Gasteiger partial charge < -0.3 is 14.6 Å². The molecule has 0 saturated heterocycles. The molecule has 88 valence electrons. The Labute approximate surface area is 96.3 Å². The first-order chi connectivity index (χ1) is 7.69. The SMILES string of the molecule is C=C(C)CCOc1c(CO)cccc1OC. The van der Waals surface area contributed by atoms with Crippen LogP contribution in [0.25, 0.3) is 0 Å². The first kappa shape index (κ1) is 12.6. The van der Waals surface area contributed by atoms with Gasteiger partial charge in [-0.3, -0.25) is 0 Å². The maximum atomic E-state index is 9.19. The second-order valence-corrected chi connectivity index (χ2v) is 3.66. The number of hydrogen-bond acceptors (Lipinski definition) is 3. The van der Waals surface area contributed by atoms with Gasteiger partial charge in [0.05, 0.1) is 20.3 Å². The second kappa shape index (κ2) is 6.18. The van der Waals surface area contributed by atoms with Crippen LogP contribution in [-0.2, 0) is 6.61 Å². The molecule has 3 heteroatoms. The number of methoxy groups -OCH3 is 1. The standard InChI is InChI=1S/C13H18O3/c1-10(2)7-8-16-13-11(9-14)5-4-6-12(13)15-3/h4-6,14H,1,7-9H2,2-3H3. The van der Waals surface area contributed by atoms with E-state index in [0.717, 1.165) is 17.6 Å². The molecule has 0 aromatic heterocycles. The third kappa shape index (κ3) is 3.28. The zero-order valence-corrected chi connectivity index (χ0v) is 9.82. The molecule has 0 amide bonds. The summed E-state index contributed by atoms with van der Waals surface area (Å²) in [4.78, 5) is 0. The van der Waals surface area contributed by atoms with Gasteiger partial charge in [-0.05, 0) is 13.0 Å². The van der Waals surface area contributed by atoms with Gasteiger partial charge >= 0.3 is 0 Å². The Morgan fingerprint density at radius 3 is 2.75 bits per heavy atom. The fraction of sp³-hybridized carbons (Fsp3) is 0.385. The zero-order chi connectivity index (χ0) is 12.0. The topological polar surface area (TPSA) is 38.7 Å². The van der Waals surface area contributed by atoms with E-state index in [9.17, 15) is 5.11 Å². The van der Waals surface area contributed by atoms with Crippen molar-refractivity contribution in [3.63, 3.8) is 0 Å². The normalized spacial score (nSPS) is 9.94. The van der Waals surface area contributed by atoms with Crippen LogP contribution in [0.3, 0.4) is 0 Å². The molecule has 0 atom stereocenters. The molecule has 0 aliphatic rings. The van der Waals surface area contributed by atoms with Crippen molar-refractivity contribution >= 4 is 0 Å². The lowest BCUT2D eigenvalue weighted by Gasteiger charge is -2.13. The van der Waals surface area contributed by atoms with Crippen LogP contribution in [0, 0.1) is 0 Å². The van der Waals surface area contributed by atoms with Crippen molar-refractivity contribution in [1.29, 1.82) is 0 Å². The zero-order valence-electron chi connectivity index (χ0n) is 9.82. The quantitative estimate of drug-likeness (QED) is 0.752. The minimum atomic E-state index is -0.0559. The lowest BCUT2D eigenvalue weighted by molar-refractivity contribution is 0.256. The highest BCUT2D eigenvalue weighted by Crippen LogP contribution is 2.31. The summed E-state index contributed by atoms with van der Waals surface area (Å²) in [6.45, 7) is 6.26.